The van der Waals surface area contributed by atoms with Gasteiger partial charge in [-0.15, -0.1) is 11.3 Å². The average Bonchev–Trinajstić information content (AvgIpc) is 2.87. The molecule has 1 heterocycles. The standard InChI is InChI=1S/C17H15F7N2OS/c1-7-4-10(15(18,16(19,20)21)17(22,23)24)5-8(2)13(7)26-14(27)12-6-11(25)9(3)28-12/h4-6H,25H2,1-3H3,(H,26,27). The molecule has 2 aromatic rings. The summed E-state index contributed by atoms with van der Waals surface area (Å²) < 4.78 is 91.9. The van der Waals surface area contributed by atoms with Gasteiger partial charge in [0.2, 0.25) is 0 Å². The molecule has 0 bridgehead atoms. The average molecular weight is 428 g/mol. The number of hydrogen-bond acceptors (Lipinski definition) is 3. The van der Waals surface area contributed by atoms with E-state index in [0.29, 0.717) is 22.7 Å². The zero-order valence-corrected chi connectivity index (χ0v) is 15.6. The van der Waals surface area contributed by atoms with Crippen LogP contribution in [0.3, 0.4) is 0 Å². The van der Waals surface area contributed by atoms with Crippen LogP contribution >= 0.6 is 11.3 Å². The molecule has 0 saturated heterocycles. The maximum atomic E-state index is 14.3. The minimum atomic E-state index is -6.21. The van der Waals surface area contributed by atoms with E-state index in [4.69, 9.17) is 5.73 Å². The van der Waals surface area contributed by atoms with Crippen LogP contribution in [0.2, 0.25) is 0 Å². The number of aryl methyl sites for hydroxylation is 3. The number of carbonyl (C=O) groups excluding carboxylic acids is 1. The molecule has 154 valence electrons. The Kier molecular flexibility index (Phi) is 5.45. The Labute approximate surface area is 159 Å². The number of hydrogen-bond donors (Lipinski definition) is 2. The Bertz CT molecular complexity index is 859. The third-order valence-corrected chi connectivity index (χ3v) is 5.20. The number of nitrogens with two attached hydrogens (primary N) is 1. The molecule has 0 saturated carbocycles. The number of carbonyl (C=O) groups is 1. The van der Waals surface area contributed by atoms with Gasteiger partial charge in [-0.05, 0) is 38.0 Å². The Balaban J connectivity index is 2.48. The number of nitrogen functional groups attached to an aromatic ring is 1. The van der Waals surface area contributed by atoms with Gasteiger partial charge in [-0.2, -0.15) is 26.3 Å². The topological polar surface area (TPSA) is 55.1 Å². The van der Waals surface area contributed by atoms with E-state index in [1.165, 1.54) is 19.9 Å². The maximum Gasteiger partial charge on any atom is 0.435 e. The summed E-state index contributed by atoms with van der Waals surface area (Å²) in [5, 5.41) is 2.42. The Morgan fingerprint density at radius 1 is 0.929 bits per heavy atom. The molecule has 11 heteroatoms. The SMILES string of the molecule is Cc1cc(C(F)(C(F)(F)F)C(F)(F)F)cc(C)c1NC(=O)c1cc(N)c(C)s1. The van der Waals surface area contributed by atoms with Crippen molar-refractivity contribution in [2.45, 2.75) is 38.8 Å². The third-order valence-electron chi connectivity index (χ3n) is 4.13. The minimum Gasteiger partial charge on any atom is -0.398 e. The van der Waals surface area contributed by atoms with Gasteiger partial charge in [0.1, 0.15) is 0 Å². The number of alkyl halides is 7. The van der Waals surface area contributed by atoms with Gasteiger partial charge in [0, 0.05) is 21.8 Å². The molecule has 3 N–H and O–H groups in total. The number of halogens is 7. The van der Waals surface area contributed by atoms with Crippen LogP contribution in [0.4, 0.5) is 42.1 Å². The predicted molar refractivity (Wildman–Crippen MR) is 92.2 cm³/mol. The van der Waals surface area contributed by atoms with Crippen molar-refractivity contribution in [2.75, 3.05) is 11.1 Å². The third kappa shape index (κ3) is 3.67. The van der Waals surface area contributed by atoms with Crippen molar-refractivity contribution in [3.8, 4) is 0 Å². The molecule has 0 unspecified atom stereocenters. The predicted octanol–water partition coefficient (Wildman–Crippen LogP) is 5.80. The number of amides is 1. The molecule has 0 atom stereocenters. The molecule has 3 nitrogen and oxygen atoms in total. The number of anilines is 2. The summed E-state index contributed by atoms with van der Waals surface area (Å²) in [5.74, 6) is -0.637. The largest absolute Gasteiger partial charge is 0.435 e. The van der Waals surface area contributed by atoms with Crippen LogP contribution in [0.5, 0.6) is 0 Å². The summed E-state index contributed by atoms with van der Waals surface area (Å²) in [7, 11) is 0. The lowest BCUT2D eigenvalue weighted by atomic mass is 9.90. The number of benzene rings is 1. The van der Waals surface area contributed by atoms with Gasteiger partial charge < -0.3 is 11.1 Å². The molecule has 1 aromatic carbocycles. The smallest absolute Gasteiger partial charge is 0.398 e. The van der Waals surface area contributed by atoms with E-state index in [1.807, 2.05) is 0 Å². The zero-order chi connectivity index (χ0) is 21.7. The fourth-order valence-electron chi connectivity index (χ4n) is 2.63. The van der Waals surface area contributed by atoms with Gasteiger partial charge in [0.15, 0.2) is 0 Å². The van der Waals surface area contributed by atoms with Crippen LogP contribution in [0.1, 0.15) is 31.2 Å². The Morgan fingerprint density at radius 2 is 1.39 bits per heavy atom. The molecule has 0 radical (unpaired) electrons. The first-order chi connectivity index (χ1) is 12.6. The van der Waals surface area contributed by atoms with Gasteiger partial charge in [-0.25, -0.2) is 4.39 Å². The molecule has 0 aliphatic heterocycles. The second kappa shape index (κ2) is 6.94. The lowest BCUT2D eigenvalue weighted by Gasteiger charge is -2.31. The highest BCUT2D eigenvalue weighted by Gasteiger charge is 2.73. The fourth-order valence-corrected chi connectivity index (χ4v) is 3.47. The first kappa shape index (κ1) is 22.0. The van der Waals surface area contributed by atoms with Crippen LogP contribution in [0, 0.1) is 20.8 Å². The van der Waals surface area contributed by atoms with E-state index >= 15 is 0 Å². The molecular formula is C17H15F7N2OS. The van der Waals surface area contributed by atoms with E-state index in [1.54, 1.807) is 6.92 Å². The summed E-state index contributed by atoms with van der Waals surface area (Å²) in [6, 6.07) is 2.25. The lowest BCUT2D eigenvalue weighted by molar-refractivity contribution is -0.348. The van der Waals surface area contributed by atoms with Crippen LogP contribution < -0.4 is 11.1 Å². The molecule has 0 aliphatic carbocycles. The molecule has 1 aromatic heterocycles. The number of rotatable bonds is 3. The second-order valence-corrected chi connectivity index (χ2v) is 7.47. The Morgan fingerprint density at radius 3 is 1.75 bits per heavy atom. The summed E-state index contributed by atoms with van der Waals surface area (Å²) in [6.07, 6.45) is -12.4. The van der Waals surface area contributed by atoms with Crippen molar-refractivity contribution in [1.29, 1.82) is 0 Å². The molecule has 28 heavy (non-hydrogen) atoms. The summed E-state index contributed by atoms with van der Waals surface area (Å²) in [6.45, 7) is 4.03. The molecular weight excluding hydrogens is 413 g/mol. The van der Waals surface area contributed by atoms with Gasteiger partial charge in [0.05, 0.1) is 4.88 Å². The zero-order valence-electron chi connectivity index (χ0n) is 14.8. The fraction of sp³-hybridized carbons (Fsp3) is 0.353. The van der Waals surface area contributed by atoms with Crippen molar-refractivity contribution >= 4 is 28.6 Å². The highest BCUT2D eigenvalue weighted by atomic mass is 32.1. The van der Waals surface area contributed by atoms with Gasteiger partial charge in [-0.3, -0.25) is 4.79 Å². The van der Waals surface area contributed by atoms with Crippen molar-refractivity contribution in [2.24, 2.45) is 0 Å². The first-order valence-corrected chi connectivity index (χ1v) is 8.52. The number of nitrogens with one attached hydrogen (secondary N) is 1. The van der Waals surface area contributed by atoms with Gasteiger partial charge in [-0.1, -0.05) is 12.1 Å². The van der Waals surface area contributed by atoms with Crippen molar-refractivity contribution in [3.05, 3.63) is 44.6 Å². The normalized spacial score (nSPS) is 12.9. The minimum absolute atomic E-state index is 0.00919. The Hall–Kier alpha value is -2.30. The molecule has 0 spiro atoms. The quantitative estimate of drug-likeness (QED) is 0.608. The van der Waals surface area contributed by atoms with Gasteiger partial charge >= 0.3 is 18.0 Å². The molecule has 2 rings (SSSR count). The highest BCUT2D eigenvalue weighted by molar-refractivity contribution is 7.14. The van der Waals surface area contributed by atoms with Crippen LogP contribution in [-0.4, -0.2) is 18.3 Å². The van der Waals surface area contributed by atoms with Crippen LogP contribution in [-0.2, 0) is 5.67 Å². The maximum absolute atomic E-state index is 14.3. The summed E-state index contributed by atoms with van der Waals surface area (Å²) >= 11 is 1.07. The van der Waals surface area contributed by atoms with Gasteiger partial charge in [0.25, 0.3) is 5.91 Å². The highest BCUT2D eigenvalue weighted by Crippen LogP contribution is 2.53. The lowest BCUT2D eigenvalue weighted by Crippen LogP contribution is -2.50. The number of thiophene rings is 1. The summed E-state index contributed by atoms with van der Waals surface area (Å²) in [4.78, 5) is 13.2. The molecule has 1 amide bonds. The van der Waals surface area contributed by atoms with Crippen LogP contribution in [0.25, 0.3) is 0 Å². The van der Waals surface area contributed by atoms with Crippen LogP contribution in [0.15, 0.2) is 18.2 Å². The summed E-state index contributed by atoms with van der Waals surface area (Å²) in [5.41, 5.74) is -1.42. The first-order valence-electron chi connectivity index (χ1n) is 7.71. The van der Waals surface area contributed by atoms with Crippen molar-refractivity contribution in [1.82, 2.24) is 0 Å². The van der Waals surface area contributed by atoms with E-state index in [-0.39, 0.29) is 21.7 Å². The molecule has 0 aliphatic rings. The second-order valence-electron chi connectivity index (χ2n) is 6.22. The van der Waals surface area contributed by atoms with E-state index in [0.717, 1.165) is 11.3 Å². The van der Waals surface area contributed by atoms with E-state index in [9.17, 15) is 35.5 Å². The van der Waals surface area contributed by atoms with E-state index in [2.05, 4.69) is 5.32 Å². The van der Waals surface area contributed by atoms with Crippen molar-refractivity contribution < 1.29 is 35.5 Å². The molecule has 0 fully saturated rings. The van der Waals surface area contributed by atoms with E-state index < -0.39 is 29.5 Å². The monoisotopic (exact) mass is 428 g/mol. The van der Waals surface area contributed by atoms with Crippen molar-refractivity contribution in [3.63, 3.8) is 0 Å².